The van der Waals surface area contributed by atoms with Crippen molar-refractivity contribution in [3.63, 3.8) is 0 Å². The average Bonchev–Trinajstić information content (AvgIpc) is 2.63. The van der Waals surface area contributed by atoms with E-state index in [1.165, 1.54) is 0 Å². The predicted octanol–water partition coefficient (Wildman–Crippen LogP) is -0.144. The Morgan fingerprint density at radius 2 is 2.47 bits per heavy atom. The van der Waals surface area contributed by atoms with Crippen molar-refractivity contribution in [2.24, 2.45) is 7.05 Å². The van der Waals surface area contributed by atoms with Crippen LogP contribution < -0.4 is 0 Å². The van der Waals surface area contributed by atoms with E-state index in [0.717, 1.165) is 17.2 Å². The minimum absolute atomic E-state index is 0.180. The summed E-state index contributed by atoms with van der Waals surface area (Å²) in [4.78, 5) is 13.0. The first-order valence-electron chi connectivity index (χ1n) is 4.62. The Kier molecular flexibility index (Phi) is 1.82. The van der Waals surface area contributed by atoms with Crippen molar-refractivity contribution >= 4 is 23.2 Å². The van der Waals surface area contributed by atoms with Crippen molar-refractivity contribution in [1.29, 1.82) is 0 Å². The normalized spacial score (nSPS) is 24.6. The van der Waals surface area contributed by atoms with E-state index in [4.69, 9.17) is 0 Å². The lowest BCUT2D eigenvalue weighted by Gasteiger charge is -2.40. The number of nitrogens with zero attached hydrogens (tertiary/aromatic N) is 5. The standard InChI is InChI=1S/C8H9N5OS/c1-12-8(9-10-11-12)5-3-13-6(14)2-7(13)15-4-5/h3,7H,2,4H2,1H3/t7-/m1/s1. The number of β-lactam (4-membered cyclic amide) rings is 1. The van der Waals surface area contributed by atoms with Crippen LogP contribution in [-0.2, 0) is 11.8 Å². The molecule has 0 bridgehead atoms. The molecule has 0 aromatic carbocycles. The topological polar surface area (TPSA) is 63.9 Å². The third-order valence-corrected chi connectivity index (χ3v) is 3.84. The average molecular weight is 223 g/mol. The van der Waals surface area contributed by atoms with E-state index in [2.05, 4.69) is 15.5 Å². The molecule has 1 amide bonds. The molecule has 3 rings (SSSR count). The van der Waals surface area contributed by atoms with Crippen LogP contribution in [0.3, 0.4) is 0 Å². The number of hydrogen-bond donors (Lipinski definition) is 0. The van der Waals surface area contributed by atoms with E-state index in [-0.39, 0.29) is 5.91 Å². The van der Waals surface area contributed by atoms with Crippen LogP contribution in [0.4, 0.5) is 0 Å². The Hall–Kier alpha value is -1.37. The van der Waals surface area contributed by atoms with Crippen LogP contribution in [0.2, 0.25) is 0 Å². The second-order valence-corrected chi connectivity index (χ2v) is 4.72. The summed E-state index contributed by atoms with van der Waals surface area (Å²) in [6.45, 7) is 0. The molecule has 1 atom stereocenters. The second-order valence-electron chi connectivity index (χ2n) is 3.55. The number of amides is 1. The van der Waals surface area contributed by atoms with E-state index in [9.17, 15) is 4.79 Å². The van der Waals surface area contributed by atoms with Crippen LogP contribution in [0.25, 0.3) is 5.57 Å². The van der Waals surface area contributed by atoms with Gasteiger partial charge in [-0.3, -0.25) is 4.79 Å². The quantitative estimate of drug-likeness (QED) is 0.620. The molecule has 2 aliphatic heterocycles. The highest BCUT2D eigenvalue weighted by Crippen LogP contribution is 2.37. The van der Waals surface area contributed by atoms with Gasteiger partial charge in [0, 0.05) is 24.6 Å². The SMILES string of the molecule is Cn1nnnc1C1=CN2C(=O)C[C@H]2SC1. The van der Waals surface area contributed by atoms with Crippen LogP contribution in [0.15, 0.2) is 6.20 Å². The highest BCUT2D eigenvalue weighted by molar-refractivity contribution is 8.00. The Morgan fingerprint density at radius 3 is 3.13 bits per heavy atom. The Balaban J connectivity index is 1.94. The molecule has 1 fully saturated rings. The molecule has 78 valence electrons. The van der Waals surface area contributed by atoms with Crippen molar-refractivity contribution in [2.45, 2.75) is 11.8 Å². The molecule has 7 heteroatoms. The highest BCUT2D eigenvalue weighted by atomic mass is 32.2. The summed E-state index contributed by atoms with van der Waals surface area (Å²) in [6.07, 6.45) is 2.53. The van der Waals surface area contributed by atoms with Crippen LogP contribution in [0.1, 0.15) is 12.2 Å². The molecule has 1 aromatic heterocycles. The van der Waals surface area contributed by atoms with Gasteiger partial charge in [-0.2, -0.15) is 0 Å². The number of fused-ring (bicyclic) bond motifs is 1. The van der Waals surface area contributed by atoms with Gasteiger partial charge in [0.15, 0.2) is 5.82 Å². The summed E-state index contributed by atoms with van der Waals surface area (Å²) in [5, 5.41) is 11.6. The summed E-state index contributed by atoms with van der Waals surface area (Å²) >= 11 is 1.76. The maximum atomic E-state index is 11.3. The van der Waals surface area contributed by atoms with Crippen molar-refractivity contribution in [2.75, 3.05) is 5.75 Å². The summed E-state index contributed by atoms with van der Waals surface area (Å²) < 4.78 is 1.62. The van der Waals surface area contributed by atoms with E-state index in [1.54, 1.807) is 28.4 Å². The number of rotatable bonds is 1. The van der Waals surface area contributed by atoms with Crippen molar-refractivity contribution in [1.82, 2.24) is 25.1 Å². The molecule has 1 aromatic rings. The third-order valence-electron chi connectivity index (χ3n) is 2.58. The van der Waals surface area contributed by atoms with Gasteiger partial charge in [0.1, 0.15) is 0 Å². The molecular formula is C8H9N5OS. The number of tetrazole rings is 1. The molecule has 0 N–H and O–H groups in total. The molecule has 3 heterocycles. The first-order chi connectivity index (χ1) is 7.25. The van der Waals surface area contributed by atoms with Gasteiger partial charge < -0.3 is 4.90 Å². The predicted molar refractivity (Wildman–Crippen MR) is 54.5 cm³/mol. The Morgan fingerprint density at radius 1 is 1.60 bits per heavy atom. The second kappa shape index (κ2) is 3.06. The van der Waals surface area contributed by atoms with Crippen LogP contribution >= 0.6 is 11.8 Å². The molecule has 0 spiro atoms. The first kappa shape index (κ1) is 8.90. The summed E-state index contributed by atoms with van der Waals surface area (Å²) in [5.74, 6) is 1.78. The number of thioether (sulfide) groups is 1. The Labute approximate surface area is 90.3 Å². The zero-order chi connectivity index (χ0) is 10.4. The number of aromatic nitrogens is 4. The number of carbonyl (C=O) groups is 1. The third kappa shape index (κ3) is 1.26. The first-order valence-corrected chi connectivity index (χ1v) is 5.67. The lowest BCUT2D eigenvalue weighted by Crippen LogP contribution is -2.49. The fourth-order valence-electron chi connectivity index (χ4n) is 1.71. The maximum absolute atomic E-state index is 11.3. The smallest absolute Gasteiger partial charge is 0.230 e. The molecule has 2 aliphatic rings. The van der Waals surface area contributed by atoms with Gasteiger partial charge in [0.25, 0.3) is 0 Å². The molecule has 0 radical (unpaired) electrons. The van der Waals surface area contributed by atoms with Gasteiger partial charge in [-0.05, 0) is 10.4 Å². The molecule has 0 unspecified atom stereocenters. The number of aryl methyl sites for hydroxylation is 1. The van der Waals surface area contributed by atoms with Gasteiger partial charge >= 0.3 is 0 Å². The minimum atomic E-state index is 0.180. The van der Waals surface area contributed by atoms with Crippen LogP contribution in [0.5, 0.6) is 0 Å². The fraction of sp³-hybridized carbons (Fsp3) is 0.500. The zero-order valence-electron chi connectivity index (χ0n) is 8.12. The monoisotopic (exact) mass is 223 g/mol. The molecule has 1 saturated heterocycles. The van der Waals surface area contributed by atoms with Gasteiger partial charge in [-0.15, -0.1) is 16.9 Å². The van der Waals surface area contributed by atoms with E-state index < -0.39 is 0 Å². The fourth-order valence-corrected chi connectivity index (χ4v) is 2.89. The lowest BCUT2D eigenvalue weighted by atomic mass is 10.2. The van der Waals surface area contributed by atoms with Gasteiger partial charge in [0.05, 0.1) is 11.8 Å². The van der Waals surface area contributed by atoms with Gasteiger partial charge in [0.2, 0.25) is 5.91 Å². The van der Waals surface area contributed by atoms with Gasteiger partial charge in [-0.1, -0.05) is 0 Å². The summed E-state index contributed by atoms with van der Waals surface area (Å²) in [6, 6.07) is 0. The number of carbonyl (C=O) groups excluding carboxylic acids is 1. The molecule has 15 heavy (non-hydrogen) atoms. The van der Waals surface area contributed by atoms with Crippen LogP contribution in [0, 0.1) is 0 Å². The molecule has 0 aliphatic carbocycles. The minimum Gasteiger partial charge on any atom is -0.306 e. The summed E-state index contributed by atoms with van der Waals surface area (Å²) in [5.41, 5.74) is 1.01. The molecule has 6 nitrogen and oxygen atoms in total. The van der Waals surface area contributed by atoms with E-state index >= 15 is 0 Å². The van der Waals surface area contributed by atoms with Crippen molar-refractivity contribution in [3.05, 3.63) is 12.0 Å². The van der Waals surface area contributed by atoms with Gasteiger partial charge in [-0.25, -0.2) is 4.68 Å². The van der Waals surface area contributed by atoms with Crippen molar-refractivity contribution in [3.8, 4) is 0 Å². The van der Waals surface area contributed by atoms with E-state index in [0.29, 0.717) is 11.8 Å². The largest absolute Gasteiger partial charge is 0.306 e. The summed E-state index contributed by atoms with van der Waals surface area (Å²) in [7, 11) is 1.80. The zero-order valence-corrected chi connectivity index (χ0v) is 8.94. The maximum Gasteiger partial charge on any atom is 0.230 e. The Bertz CT molecular complexity index is 454. The van der Waals surface area contributed by atoms with Crippen LogP contribution in [-0.4, -0.2) is 42.1 Å². The van der Waals surface area contributed by atoms with E-state index in [1.807, 2.05) is 6.20 Å². The molecule has 0 saturated carbocycles. The molecular weight excluding hydrogens is 214 g/mol. The van der Waals surface area contributed by atoms with Crippen molar-refractivity contribution < 1.29 is 4.79 Å². The lowest BCUT2D eigenvalue weighted by molar-refractivity contribution is -0.137. The highest BCUT2D eigenvalue weighted by Gasteiger charge is 2.38. The number of hydrogen-bond acceptors (Lipinski definition) is 5.